The fourth-order valence-electron chi connectivity index (χ4n) is 3.83. The van der Waals surface area contributed by atoms with E-state index in [4.69, 9.17) is 4.74 Å². The molecule has 158 valence electrons. The third kappa shape index (κ3) is 4.61. The first-order valence-corrected chi connectivity index (χ1v) is 10.5. The van der Waals surface area contributed by atoms with Crippen LogP contribution in [0.1, 0.15) is 35.3 Å². The molecule has 1 aliphatic heterocycles. The number of hydrogen-bond acceptors (Lipinski definition) is 3. The number of para-hydroxylation sites is 1. The third-order valence-corrected chi connectivity index (χ3v) is 5.28. The van der Waals surface area contributed by atoms with Gasteiger partial charge in [0.1, 0.15) is 11.8 Å². The van der Waals surface area contributed by atoms with E-state index in [1.165, 1.54) is 0 Å². The van der Waals surface area contributed by atoms with E-state index in [0.29, 0.717) is 18.5 Å². The topological polar surface area (TPSA) is 58.6 Å². The molecule has 3 aromatic carbocycles. The van der Waals surface area contributed by atoms with Crippen molar-refractivity contribution in [3.8, 4) is 5.75 Å². The minimum absolute atomic E-state index is 0.114. The van der Waals surface area contributed by atoms with Crippen molar-refractivity contribution in [2.45, 2.75) is 39.0 Å². The highest BCUT2D eigenvalue weighted by molar-refractivity contribution is 6.11. The number of hydrogen-bond donors (Lipinski definition) is 1. The number of anilines is 1. The van der Waals surface area contributed by atoms with Gasteiger partial charge in [-0.05, 0) is 55.3 Å². The van der Waals surface area contributed by atoms with Crippen molar-refractivity contribution >= 4 is 17.5 Å². The molecule has 2 amide bonds. The summed E-state index contributed by atoms with van der Waals surface area (Å²) in [5.74, 6) is 0.472. The molecule has 0 spiro atoms. The molecular formula is C26H26N2O3. The summed E-state index contributed by atoms with van der Waals surface area (Å²) in [6, 6.07) is 23.9. The first kappa shape index (κ1) is 20.7. The van der Waals surface area contributed by atoms with Gasteiger partial charge in [0, 0.05) is 24.2 Å². The lowest BCUT2D eigenvalue weighted by atomic mass is 10.1. The molecule has 31 heavy (non-hydrogen) atoms. The van der Waals surface area contributed by atoms with Crippen LogP contribution in [-0.2, 0) is 17.8 Å². The summed E-state index contributed by atoms with van der Waals surface area (Å²) in [6.45, 7) is 4.35. The first-order chi connectivity index (χ1) is 15.0. The Hall–Kier alpha value is -3.60. The number of fused-ring (bicyclic) bond motifs is 1. The molecule has 0 aromatic heterocycles. The van der Waals surface area contributed by atoms with E-state index < -0.39 is 6.04 Å². The van der Waals surface area contributed by atoms with E-state index in [0.717, 1.165) is 22.6 Å². The molecule has 1 heterocycles. The zero-order valence-corrected chi connectivity index (χ0v) is 17.7. The van der Waals surface area contributed by atoms with Crippen molar-refractivity contribution in [1.29, 1.82) is 0 Å². The van der Waals surface area contributed by atoms with Gasteiger partial charge in [0.15, 0.2) is 0 Å². The van der Waals surface area contributed by atoms with E-state index in [9.17, 15) is 9.59 Å². The minimum atomic E-state index is -0.575. The van der Waals surface area contributed by atoms with Crippen LogP contribution in [0.5, 0.6) is 5.75 Å². The Morgan fingerprint density at radius 1 is 0.968 bits per heavy atom. The highest BCUT2D eigenvalue weighted by Gasteiger charge is 2.38. The smallest absolute Gasteiger partial charge is 0.259 e. The second-order valence-corrected chi connectivity index (χ2v) is 7.92. The molecule has 0 aliphatic carbocycles. The van der Waals surface area contributed by atoms with Crippen molar-refractivity contribution in [2.24, 2.45) is 0 Å². The molecule has 1 N–H and O–H groups in total. The number of benzene rings is 3. The van der Waals surface area contributed by atoms with Crippen LogP contribution in [0.3, 0.4) is 0 Å². The van der Waals surface area contributed by atoms with Gasteiger partial charge in [-0.15, -0.1) is 0 Å². The average molecular weight is 415 g/mol. The molecule has 4 rings (SSSR count). The summed E-state index contributed by atoms with van der Waals surface area (Å²) < 4.78 is 5.66. The van der Waals surface area contributed by atoms with Gasteiger partial charge >= 0.3 is 0 Å². The predicted octanol–water partition coefficient (Wildman–Crippen LogP) is 4.36. The SMILES string of the molecule is CC(C)Oc1ccc(CNC(=O)C2Cc3ccccc3N2C(=O)c2ccccc2)cc1. The number of carbonyl (C=O) groups excluding carboxylic acids is 2. The molecule has 5 nitrogen and oxygen atoms in total. The largest absolute Gasteiger partial charge is 0.491 e. The van der Waals surface area contributed by atoms with Crippen LogP contribution in [0.2, 0.25) is 0 Å². The standard InChI is InChI=1S/C26H26N2O3/c1-18(2)31-22-14-12-19(13-15-22)17-27-25(29)24-16-21-10-6-7-11-23(21)28(24)26(30)20-8-4-3-5-9-20/h3-15,18,24H,16-17H2,1-2H3,(H,27,29). The second kappa shape index (κ2) is 9.04. The van der Waals surface area contributed by atoms with Crippen LogP contribution < -0.4 is 15.0 Å². The summed E-state index contributed by atoms with van der Waals surface area (Å²) >= 11 is 0. The average Bonchev–Trinajstić information content (AvgIpc) is 3.18. The lowest BCUT2D eigenvalue weighted by Crippen LogP contribution is -2.48. The van der Waals surface area contributed by atoms with Gasteiger partial charge in [0.2, 0.25) is 5.91 Å². The van der Waals surface area contributed by atoms with Gasteiger partial charge in [0.05, 0.1) is 6.10 Å². The molecule has 0 saturated carbocycles. The Morgan fingerprint density at radius 3 is 2.35 bits per heavy atom. The van der Waals surface area contributed by atoms with Crippen LogP contribution in [0.15, 0.2) is 78.9 Å². The predicted molar refractivity (Wildman–Crippen MR) is 121 cm³/mol. The second-order valence-electron chi connectivity index (χ2n) is 7.92. The Bertz CT molecular complexity index is 1060. The van der Waals surface area contributed by atoms with Gasteiger partial charge in [0.25, 0.3) is 5.91 Å². The molecule has 1 atom stereocenters. The van der Waals surface area contributed by atoms with E-state index in [1.807, 2.05) is 80.6 Å². The van der Waals surface area contributed by atoms with E-state index in [2.05, 4.69) is 5.32 Å². The fraction of sp³-hybridized carbons (Fsp3) is 0.231. The number of ether oxygens (including phenoxy) is 1. The zero-order chi connectivity index (χ0) is 21.8. The van der Waals surface area contributed by atoms with Crippen molar-refractivity contribution in [3.05, 3.63) is 95.6 Å². The van der Waals surface area contributed by atoms with Crippen LogP contribution in [0.4, 0.5) is 5.69 Å². The molecule has 0 fully saturated rings. The molecule has 0 saturated heterocycles. The monoisotopic (exact) mass is 414 g/mol. The molecular weight excluding hydrogens is 388 g/mol. The maximum atomic E-state index is 13.3. The fourth-order valence-corrected chi connectivity index (χ4v) is 3.83. The van der Waals surface area contributed by atoms with Crippen LogP contribution in [-0.4, -0.2) is 24.0 Å². The van der Waals surface area contributed by atoms with Gasteiger partial charge in [-0.1, -0.05) is 48.5 Å². The Morgan fingerprint density at radius 2 is 1.65 bits per heavy atom. The first-order valence-electron chi connectivity index (χ1n) is 10.5. The van der Waals surface area contributed by atoms with Gasteiger partial charge in [-0.2, -0.15) is 0 Å². The maximum Gasteiger partial charge on any atom is 0.259 e. The van der Waals surface area contributed by atoms with Crippen molar-refractivity contribution in [3.63, 3.8) is 0 Å². The van der Waals surface area contributed by atoms with Crippen LogP contribution in [0, 0.1) is 0 Å². The minimum Gasteiger partial charge on any atom is -0.491 e. The number of nitrogens with one attached hydrogen (secondary N) is 1. The lowest BCUT2D eigenvalue weighted by Gasteiger charge is -2.25. The third-order valence-electron chi connectivity index (χ3n) is 5.28. The van der Waals surface area contributed by atoms with Gasteiger partial charge in [-0.3, -0.25) is 14.5 Å². The van der Waals surface area contributed by atoms with E-state index in [1.54, 1.807) is 17.0 Å². The summed E-state index contributed by atoms with van der Waals surface area (Å²) in [7, 11) is 0. The zero-order valence-electron chi connectivity index (χ0n) is 17.7. The van der Waals surface area contributed by atoms with Gasteiger partial charge < -0.3 is 10.1 Å². The number of amides is 2. The quantitative estimate of drug-likeness (QED) is 0.652. The molecule has 3 aromatic rings. The normalized spacial score (nSPS) is 14.9. The summed E-state index contributed by atoms with van der Waals surface area (Å²) in [5, 5.41) is 3.00. The number of rotatable bonds is 6. The maximum absolute atomic E-state index is 13.3. The lowest BCUT2D eigenvalue weighted by molar-refractivity contribution is -0.122. The summed E-state index contributed by atoms with van der Waals surface area (Å²) in [5.41, 5.74) is 3.34. The summed E-state index contributed by atoms with van der Waals surface area (Å²) in [4.78, 5) is 28.0. The van der Waals surface area contributed by atoms with Gasteiger partial charge in [-0.25, -0.2) is 0 Å². The molecule has 1 aliphatic rings. The van der Waals surface area contributed by atoms with E-state index >= 15 is 0 Å². The van der Waals surface area contributed by atoms with E-state index in [-0.39, 0.29) is 17.9 Å². The highest BCUT2D eigenvalue weighted by atomic mass is 16.5. The Labute approximate surface area is 182 Å². The molecule has 1 unspecified atom stereocenters. The highest BCUT2D eigenvalue weighted by Crippen LogP contribution is 2.33. The van der Waals surface area contributed by atoms with Crippen LogP contribution in [0.25, 0.3) is 0 Å². The molecule has 5 heteroatoms. The van der Waals surface area contributed by atoms with Crippen LogP contribution >= 0.6 is 0 Å². The number of carbonyl (C=O) groups is 2. The number of nitrogens with zero attached hydrogens (tertiary/aromatic N) is 1. The van der Waals surface area contributed by atoms with Crippen molar-refractivity contribution in [1.82, 2.24) is 5.32 Å². The molecule has 0 radical (unpaired) electrons. The van der Waals surface area contributed by atoms with Crippen molar-refractivity contribution < 1.29 is 14.3 Å². The van der Waals surface area contributed by atoms with Crippen molar-refractivity contribution in [2.75, 3.05) is 4.90 Å². The Balaban J connectivity index is 1.49. The summed E-state index contributed by atoms with van der Waals surface area (Å²) in [6.07, 6.45) is 0.615. The Kier molecular flexibility index (Phi) is 6.03. The molecule has 0 bridgehead atoms.